The summed E-state index contributed by atoms with van der Waals surface area (Å²) in [5, 5.41) is 0.505. The van der Waals surface area contributed by atoms with Crippen molar-refractivity contribution in [3.05, 3.63) is 18.2 Å². The topological polar surface area (TPSA) is 157 Å². The quantitative estimate of drug-likeness (QED) is 0.564. The first-order chi connectivity index (χ1) is 11.0. The maximum absolute atomic E-state index is 11.6. The van der Waals surface area contributed by atoms with Gasteiger partial charge in [-0.15, -0.1) is 0 Å². The van der Waals surface area contributed by atoms with E-state index in [4.69, 9.17) is 10.5 Å². The van der Waals surface area contributed by atoms with Crippen LogP contribution in [0.4, 0.5) is 5.13 Å². The average molecular weight is 390 g/mol. The molecule has 2 aromatic carbocycles. The van der Waals surface area contributed by atoms with E-state index in [0.717, 1.165) is 29.5 Å². The predicted molar refractivity (Wildman–Crippen MR) is 87.7 cm³/mol. The number of fused-ring (bicyclic) bond motifs is 3. The number of ether oxygens (including phenoxy) is 1. The number of aromatic nitrogens is 1. The van der Waals surface area contributed by atoms with Crippen LogP contribution in [0.1, 0.15) is 0 Å². The molecule has 4 N–H and O–H groups in total. The Bertz CT molecular complexity index is 1200. The second kappa shape index (κ2) is 5.26. The minimum absolute atomic E-state index is 0.00102. The molecule has 1 aromatic heterocycles. The van der Waals surface area contributed by atoms with Crippen LogP contribution in [0.25, 0.3) is 21.0 Å². The van der Waals surface area contributed by atoms with E-state index in [-0.39, 0.29) is 31.9 Å². The van der Waals surface area contributed by atoms with Crippen molar-refractivity contribution in [2.75, 3.05) is 12.8 Å². The van der Waals surface area contributed by atoms with Crippen molar-refractivity contribution in [3.63, 3.8) is 0 Å². The van der Waals surface area contributed by atoms with Gasteiger partial charge in [-0.05, 0) is 12.1 Å². The number of nitrogens with two attached hydrogens (primary N) is 1. The van der Waals surface area contributed by atoms with Gasteiger partial charge in [-0.2, -0.15) is 16.8 Å². The Labute approximate surface area is 140 Å². The molecule has 24 heavy (non-hydrogen) atoms. The van der Waals surface area contributed by atoms with Gasteiger partial charge >= 0.3 is 0 Å². The lowest BCUT2D eigenvalue weighted by Crippen LogP contribution is -2.02. The molecule has 128 valence electrons. The van der Waals surface area contributed by atoms with Crippen LogP contribution in [0.5, 0.6) is 5.75 Å². The highest BCUT2D eigenvalue weighted by Gasteiger charge is 2.23. The van der Waals surface area contributed by atoms with Crippen LogP contribution >= 0.6 is 11.3 Å². The summed E-state index contributed by atoms with van der Waals surface area (Å²) in [6.45, 7) is 0. The van der Waals surface area contributed by atoms with Crippen LogP contribution in [0.15, 0.2) is 28.0 Å². The van der Waals surface area contributed by atoms with Gasteiger partial charge in [0.25, 0.3) is 20.2 Å². The molecule has 0 fully saturated rings. The number of nitrogens with zero attached hydrogens (tertiary/aromatic N) is 1. The number of hydrogen-bond donors (Lipinski definition) is 3. The summed E-state index contributed by atoms with van der Waals surface area (Å²) in [6, 6.07) is 3.31. The van der Waals surface area contributed by atoms with Gasteiger partial charge in [0, 0.05) is 16.8 Å². The van der Waals surface area contributed by atoms with Crippen molar-refractivity contribution in [2.45, 2.75) is 9.79 Å². The van der Waals surface area contributed by atoms with E-state index in [9.17, 15) is 25.9 Å². The number of hydrogen-bond acceptors (Lipinski definition) is 8. The summed E-state index contributed by atoms with van der Waals surface area (Å²) in [4.78, 5) is 2.97. The highest BCUT2D eigenvalue weighted by atomic mass is 32.2. The lowest BCUT2D eigenvalue weighted by atomic mass is 10.1. The molecule has 0 aliphatic heterocycles. The van der Waals surface area contributed by atoms with Crippen LogP contribution < -0.4 is 10.5 Å². The first-order valence-electron chi connectivity index (χ1n) is 6.18. The Morgan fingerprint density at radius 3 is 2.29 bits per heavy atom. The summed E-state index contributed by atoms with van der Waals surface area (Å²) in [5.74, 6) is -0.00102. The van der Waals surface area contributed by atoms with Crippen molar-refractivity contribution < 1.29 is 30.7 Å². The number of thiazole rings is 1. The van der Waals surface area contributed by atoms with Gasteiger partial charge in [0.2, 0.25) is 0 Å². The van der Waals surface area contributed by atoms with Crippen LogP contribution in [0.3, 0.4) is 0 Å². The minimum atomic E-state index is -4.61. The summed E-state index contributed by atoms with van der Waals surface area (Å²) < 4.78 is 70.2. The molecule has 3 rings (SSSR count). The third-order valence-corrected chi connectivity index (χ3v) is 5.92. The molecular formula is C12H10N2O7S3. The van der Waals surface area contributed by atoms with Gasteiger partial charge in [-0.3, -0.25) is 9.11 Å². The zero-order chi connectivity index (χ0) is 17.9. The highest BCUT2D eigenvalue weighted by Crippen LogP contribution is 2.40. The van der Waals surface area contributed by atoms with Gasteiger partial charge < -0.3 is 10.5 Å². The average Bonchev–Trinajstić information content (AvgIpc) is 2.84. The van der Waals surface area contributed by atoms with E-state index in [0.29, 0.717) is 0 Å². The van der Waals surface area contributed by atoms with Crippen LogP contribution in [0, 0.1) is 0 Å². The molecule has 0 spiro atoms. The zero-order valence-electron chi connectivity index (χ0n) is 11.9. The number of rotatable bonds is 3. The van der Waals surface area contributed by atoms with Crippen LogP contribution in [-0.2, 0) is 20.2 Å². The Morgan fingerprint density at radius 1 is 1.08 bits per heavy atom. The van der Waals surface area contributed by atoms with E-state index >= 15 is 0 Å². The smallest absolute Gasteiger partial charge is 0.296 e. The first kappa shape index (κ1) is 16.9. The molecule has 0 radical (unpaired) electrons. The lowest BCUT2D eigenvalue weighted by Gasteiger charge is -2.10. The van der Waals surface area contributed by atoms with E-state index in [1.807, 2.05) is 0 Å². The monoisotopic (exact) mass is 390 g/mol. The summed E-state index contributed by atoms with van der Waals surface area (Å²) >= 11 is 0.910. The van der Waals surface area contributed by atoms with Gasteiger partial charge in [0.15, 0.2) is 5.13 Å². The van der Waals surface area contributed by atoms with E-state index < -0.39 is 30.0 Å². The molecule has 0 atom stereocenters. The zero-order valence-corrected chi connectivity index (χ0v) is 14.4. The van der Waals surface area contributed by atoms with Gasteiger partial charge in [0.05, 0.1) is 16.7 Å². The third-order valence-electron chi connectivity index (χ3n) is 3.31. The fraction of sp³-hybridized carbons (Fsp3) is 0.0833. The molecule has 0 unspecified atom stereocenters. The SMILES string of the molecule is COc1cc(S(=O)(=O)O)cc2c1cc(S(=O)(=O)O)c1nc(N)sc12. The van der Waals surface area contributed by atoms with Crippen LogP contribution in [-0.4, -0.2) is 38.0 Å². The highest BCUT2D eigenvalue weighted by molar-refractivity contribution is 7.86. The summed E-state index contributed by atoms with van der Waals surface area (Å²) in [5.41, 5.74) is 5.52. The van der Waals surface area contributed by atoms with E-state index in [1.54, 1.807) is 0 Å². The molecule has 0 saturated heterocycles. The van der Waals surface area contributed by atoms with Gasteiger partial charge in [-0.1, -0.05) is 11.3 Å². The van der Waals surface area contributed by atoms with Crippen LogP contribution in [0.2, 0.25) is 0 Å². The molecule has 12 heteroatoms. The largest absolute Gasteiger partial charge is 0.496 e. The lowest BCUT2D eigenvalue weighted by molar-refractivity contribution is 0.417. The molecule has 9 nitrogen and oxygen atoms in total. The molecule has 0 saturated carbocycles. The van der Waals surface area contributed by atoms with E-state index in [2.05, 4.69) is 4.98 Å². The standard InChI is InChI=1S/C12H10N2O7S3/c1-21-8-3-5(23(15,16)17)2-7-6(8)4-9(24(18,19)20)10-11(7)22-12(13)14-10/h2-4H,1H3,(H2,13,14)(H,15,16,17)(H,18,19,20). The third kappa shape index (κ3) is 2.67. The van der Waals surface area contributed by atoms with Crippen molar-refractivity contribution in [3.8, 4) is 5.75 Å². The fourth-order valence-electron chi connectivity index (χ4n) is 2.34. The number of nitrogen functional groups attached to an aromatic ring is 1. The Kier molecular flexibility index (Phi) is 3.69. The summed E-state index contributed by atoms with van der Waals surface area (Å²) in [6.07, 6.45) is 0. The molecule has 0 bridgehead atoms. The Balaban J connectivity index is 2.62. The molecule has 3 aromatic rings. The van der Waals surface area contributed by atoms with Crippen molar-refractivity contribution in [2.24, 2.45) is 0 Å². The second-order valence-electron chi connectivity index (χ2n) is 4.78. The predicted octanol–water partition coefficient (Wildman–Crippen LogP) is 1.53. The molecule has 0 amide bonds. The number of anilines is 1. The Hall–Kier alpha value is -1.99. The maximum atomic E-state index is 11.6. The van der Waals surface area contributed by atoms with Crippen molar-refractivity contribution in [1.29, 1.82) is 0 Å². The van der Waals surface area contributed by atoms with Crippen molar-refractivity contribution in [1.82, 2.24) is 4.98 Å². The molecule has 0 aliphatic rings. The van der Waals surface area contributed by atoms with E-state index in [1.165, 1.54) is 7.11 Å². The first-order valence-corrected chi connectivity index (χ1v) is 9.88. The maximum Gasteiger partial charge on any atom is 0.296 e. The van der Waals surface area contributed by atoms with Gasteiger partial charge in [-0.25, -0.2) is 4.98 Å². The molecular weight excluding hydrogens is 380 g/mol. The van der Waals surface area contributed by atoms with Crippen molar-refractivity contribution >= 4 is 57.7 Å². The molecule has 0 aliphatic carbocycles. The minimum Gasteiger partial charge on any atom is -0.496 e. The second-order valence-corrected chi connectivity index (χ2v) is 8.62. The normalized spacial score (nSPS) is 12.8. The van der Waals surface area contributed by atoms with Gasteiger partial charge in [0.1, 0.15) is 16.2 Å². The summed E-state index contributed by atoms with van der Waals surface area (Å²) in [7, 11) is -7.88. The Morgan fingerprint density at radius 2 is 1.75 bits per heavy atom. The fourth-order valence-corrected chi connectivity index (χ4v) is 4.46. The molecule has 1 heterocycles. The number of methoxy groups -OCH3 is 1. The number of benzene rings is 2.